The molecule has 2 aromatic rings. The van der Waals surface area contributed by atoms with Crippen LogP contribution in [0.15, 0.2) is 45.8 Å². The molecule has 21 heavy (non-hydrogen) atoms. The normalized spacial score (nSPS) is 12.4. The zero-order valence-corrected chi connectivity index (χ0v) is 13.2. The molecule has 0 radical (unpaired) electrons. The van der Waals surface area contributed by atoms with Crippen LogP contribution in [0.4, 0.5) is 0 Å². The van der Waals surface area contributed by atoms with Gasteiger partial charge in [0, 0.05) is 23.8 Å². The van der Waals surface area contributed by atoms with Crippen LogP contribution in [-0.4, -0.2) is 28.4 Å². The lowest BCUT2D eigenvalue weighted by molar-refractivity contribution is 0.581. The Bertz CT molecular complexity index is 813. The van der Waals surface area contributed by atoms with E-state index in [1.54, 1.807) is 6.07 Å². The fourth-order valence-corrected chi connectivity index (χ4v) is 4.32. The van der Waals surface area contributed by atoms with E-state index >= 15 is 0 Å². The molecule has 2 heterocycles. The lowest BCUT2D eigenvalue weighted by Gasteiger charge is -2.05. The van der Waals surface area contributed by atoms with E-state index in [0.717, 1.165) is 16.2 Å². The number of thiophene rings is 1. The molecular formula is C11H13N3O4S3. The van der Waals surface area contributed by atoms with Gasteiger partial charge in [0.1, 0.15) is 9.10 Å². The molecule has 0 aromatic carbocycles. The van der Waals surface area contributed by atoms with Gasteiger partial charge in [-0.25, -0.2) is 26.7 Å². The Balaban J connectivity index is 1.97. The van der Waals surface area contributed by atoms with E-state index in [1.807, 2.05) is 0 Å². The van der Waals surface area contributed by atoms with Crippen molar-refractivity contribution in [2.45, 2.75) is 15.5 Å². The number of aromatic nitrogens is 1. The van der Waals surface area contributed by atoms with Gasteiger partial charge in [-0.2, -0.15) is 0 Å². The van der Waals surface area contributed by atoms with Gasteiger partial charge in [-0.15, -0.1) is 11.3 Å². The quantitative estimate of drug-likeness (QED) is 0.779. The molecule has 0 aliphatic heterocycles. The highest BCUT2D eigenvalue weighted by Gasteiger charge is 2.14. The minimum atomic E-state index is -3.71. The zero-order valence-electron chi connectivity index (χ0n) is 10.8. The Kier molecular flexibility index (Phi) is 4.74. The molecule has 0 atom stereocenters. The molecule has 10 heteroatoms. The summed E-state index contributed by atoms with van der Waals surface area (Å²) in [6, 6.07) is 6.00. The van der Waals surface area contributed by atoms with Crippen LogP contribution in [0.1, 0.15) is 4.88 Å². The highest BCUT2D eigenvalue weighted by molar-refractivity contribution is 7.91. The third-order valence-electron chi connectivity index (χ3n) is 2.53. The molecule has 0 unspecified atom stereocenters. The van der Waals surface area contributed by atoms with E-state index in [9.17, 15) is 16.8 Å². The number of primary sulfonamides is 1. The number of nitrogens with zero attached hydrogens (tertiary/aromatic N) is 1. The monoisotopic (exact) mass is 347 g/mol. The van der Waals surface area contributed by atoms with Gasteiger partial charge in [0.25, 0.3) is 0 Å². The molecule has 2 rings (SSSR count). The molecule has 0 saturated carbocycles. The highest BCUT2D eigenvalue weighted by atomic mass is 32.2. The third kappa shape index (κ3) is 4.32. The summed E-state index contributed by atoms with van der Waals surface area (Å²) >= 11 is 1.03. The number of hydrogen-bond donors (Lipinski definition) is 2. The van der Waals surface area contributed by atoms with Crippen LogP contribution < -0.4 is 9.86 Å². The van der Waals surface area contributed by atoms with Crippen LogP contribution in [-0.2, 0) is 26.5 Å². The Hall–Kier alpha value is -1.33. The molecule has 7 nitrogen and oxygen atoms in total. The van der Waals surface area contributed by atoms with Crippen LogP contribution in [0.25, 0.3) is 0 Å². The predicted molar refractivity (Wildman–Crippen MR) is 78.8 cm³/mol. The maximum absolute atomic E-state index is 11.9. The second-order valence-electron chi connectivity index (χ2n) is 4.10. The van der Waals surface area contributed by atoms with Crippen LogP contribution in [0.5, 0.6) is 0 Å². The molecule has 0 spiro atoms. The Morgan fingerprint density at radius 3 is 2.52 bits per heavy atom. The summed E-state index contributed by atoms with van der Waals surface area (Å²) < 4.78 is 48.6. The van der Waals surface area contributed by atoms with E-state index in [1.165, 1.54) is 30.6 Å². The molecular weight excluding hydrogens is 334 g/mol. The first-order valence-corrected chi connectivity index (χ1v) is 9.65. The molecule has 0 amide bonds. The summed E-state index contributed by atoms with van der Waals surface area (Å²) in [5.41, 5.74) is 0. The number of nitrogens with one attached hydrogen (secondary N) is 1. The summed E-state index contributed by atoms with van der Waals surface area (Å²) in [6.07, 6.45) is 3.12. The van der Waals surface area contributed by atoms with Crippen molar-refractivity contribution in [3.8, 4) is 0 Å². The summed E-state index contributed by atoms with van der Waals surface area (Å²) in [5, 5.41) is 5.01. The van der Waals surface area contributed by atoms with Crippen LogP contribution in [0.3, 0.4) is 0 Å². The van der Waals surface area contributed by atoms with E-state index in [2.05, 4.69) is 9.71 Å². The molecule has 0 aliphatic rings. The fraction of sp³-hybridized carbons (Fsp3) is 0.182. The molecule has 0 aliphatic carbocycles. The zero-order chi connectivity index (χ0) is 15.5. The summed E-state index contributed by atoms with van der Waals surface area (Å²) in [7, 11) is -7.31. The highest BCUT2D eigenvalue weighted by Crippen LogP contribution is 2.20. The first-order chi connectivity index (χ1) is 9.79. The molecule has 2 aromatic heterocycles. The smallest absolute Gasteiger partial charge is 0.247 e. The van der Waals surface area contributed by atoms with Gasteiger partial charge >= 0.3 is 0 Å². The van der Waals surface area contributed by atoms with Crippen molar-refractivity contribution in [1.82, 2.24) is 9.71 Å². The van der Waals surface area contributed by atoms with Crippen molar-refractivity contribution in [3.05, 3.63) is 41.5 Å². The molecule has 0 fully saturated rings. The lowest BCUT2D eigenvalue weighted by atomic mass is 10.3. The van der Waals surface area contributed by atoms with Gasteiger partial charge in [0.15, 0.2) is 0 Å². The average molecular weight is 347 g/mol. The number of hydrogen-bond acceptors (Lipinski definition) is 6. The number of rotatable bonds is 6. The van der Waals surface area contributed by atoms with Crippen molar-refractivity contribution >= 4 is 31.4 Å². The SMILES string of the molecule is NS(=O)(=O)c1ccc(CCNS(=O)(=O)c2cccnc2)s1. The maximum atomic E-state index is 11.9. The number of sulfonamides is 2. The van der Waals surface area contributed by atoms with Gasteiger partial charge in [0.2, 0.25) is 20.0 Å². The van der Waals surface area contributed by atoms with Gasteiger partial charge < -0.3 is 0 Å². The standard InChI is InChI=1S/C11H13N3O4S3/c12-20(15,16)11-4-3-9(19-11)5-7-14-21(17,18)10-2-1-6-13-8-10/h1-4,6,8,14H,5,7H2,(H2,12,15,16). The first-order valence-electron chi connectivity index (χ1n) is 5.80. The van der Waals surface area contributed by atoms with E-state index < -0.39 is 20.0 Å². The van der Waals surface area contributed by atoms with E-state index in [4.69, 9.17) is 5.14 Å². The molecule has 114 valence electrons. The summed E-state index contributed by atoms with van der Waals surface area (Å²) in [6.45, 7) is 0.155. The van der Waals surface area contributed by atoms with Gasteiger partial charge in [-0.05, 0) is 30.7 Å². The van der Waals surface area contributed by atoms with Crippen LogP contribution in [0, 0.1) is 0 Å². The molecule has 0 bridgehead atoms. The van der Waals surface area contributed by atoms with Crippen molar-refractivity contribution < 1.29 is 16.8 Å². The Labute approximate surface area is 126 Å². The van der Waals surface area contributed by atoms with Crippen LogP contribution >= 0.6 is 11.3 Å². The van der Waals surface area contributed by atoms with Gasteiger partial charge in [-0.1, -0.05) is 0 Å². The largest absolute Gasteiger partial charge is 0.263 e. The van der Waals surface area contributed by atoms with Crippen LogP contribution in [0.2, 0.25) is 0 Å². The predicted octanol–water partition coefficient (Wildman–Crippen LogP) is 0.312. The van der Waals surface area contributed by atoms with E-state index in [-0.39, 0.29) is 15.6 Å². The average Bonchev–Trinajstić information content (AvgIpc) is 2.88. The molecule has 0 saturated heterocycles. The van der Waals surface area contributed by atoms with E-state index in [0.29, 0.717) is 6.42 Å². The number of pyridine rings is 1. The third-order valence-corrected chi connectivity index (χ3v) is 6.56. The molecule has 3 N–H and O–H groups in total. The number of nitrogens with two attached hydrogens (primary N) is 1. The second kappa shape index (κ2) is 6.20. The van der Waals surface area contributed by atoms with Crippen molar-refractivity contribution in [3.63, 3.8) is 0 Å². The minimum absolute atomic E-state index is 0.0626. The first kappa shape index (κ1) is 16.0. The fourth-order valence-electron chi connectivity index (χ4n) is 1.54. The summed E-state index contributed by atoms with van der Waals surface area (Å²) in [5.74, 6) is 0. The minimum Gasteiger partial charge on any atom is -0.263 e. The second-order valence-corrected chi connectivity index (χ2v) is 8.83. The van der Waals surface area contributed by atoms with Crippen molar-refractivity contribution in [2.75, 3.05) is 6.54 Å². The van der Waals surface area contributed by atoms with Gasteiger partial charge in [0.05, 0.1) is 0 Å². The summed E-state index contributed by atoms with van der Waals surface area (Å²) in [4.78, 5) is 4.56. The maximum Gasteiger partial charge on any atom is 0.247 e. The van der Waals surface area contributed by atoms with Gasteiger partial charge in [-0.3, -0.25) is 4.98 Å². The Morgan fingerprint density at radius 2 is 1.95 bits per heavy atom. The Morgan fingerprint density at radius 1 is 1.19 bits per heavy atom. The lowest BCUT2D eigenvalue weighted by Crippen LogP contribution is -2.25. The topological polar surface area (TPSA) is 119 Å². The van der Waals surface area contributed by atoms with Crippen molar-refractivity contribution in [2.24, 2.45) is 5.14 Å². The van der Waals surface area contributed by atoms with Crippen molar-refractivity contribution in [1.29, 1.82) is 0 Å².